The largest absolute Gasteiger partial charge is 0.493 e. The van der Waals surface area contributed by atoms with Crippen LogP contribution in [-0.4, -0.2) is 46.6 Å². The molecule has 6 nitrogen and oxygen atoms in total. The molecule has 1 aliphatic heterocycles. The van der Waals surface area contributed by atoms with Gasteiger partial charge in [-0.25, -0.2) is 8.42 Å². The molecule has 7 heteroatoms. The molecule has 2 rings (SSSR count). The van der Waals surface area contributed by atoms with Gasteiger partial charge >= 0.3 is 0 Å². The first kappa shape index (κ1) is 17.6. The molecule has 0 bridgehead atoms. The van der Waals surface area contributed by atoms with Crippen LogP contribution in [0.25, 0.3) is 0 Å². The first-order valence-electron chi connectivity index (χ1n) is 7.61. The van der Waals surface area contributed by atoms with Crippen molar-refractivity contribution < 1.29 is 22.7 Å². The molecule has 1 amide bonds. The molecule has 0 spiro atoms. The zero-order valence-electron chi connectivity index (χ0n) is 13.5. The van der Waals surface area contributed by atoms with Crippen LogP contribution in [0.2, 0.25) is 0 Å². The lowest BCUT2D eigenvalue weighted by Gasteiger charge is -2.11. The summed E-state index contributed by atoms with van der Waals surface area (Å²) in [6.45, 7) is 0.435. The Bertz CT molecular complexity index is 656. The molecule has 1 aliphatic rings. The Balaban J connectivity index is 1.78. The molecule has 1 saturated heterocycles. The summed E-state index contributed by atoms with van der Waals surface area (Å²) >= 11 is 0. The van der Waals surface area contributed by atoms with E-state index in [4.69, 9.17) is 9.47 Å². The monoisotopic (exact) mass is 341 g/mol. The Morgan fingerprint density at radius 3 is 2.61 bits per heavy atom. The van der Waals surface area contributed by atoms with Gasteiger partial charge in [0, 0.05) is 13.0 Å². The highest BCUT2D eigenvalue weighted by Gasteiger charge is 2.27. The molecule has 0 radical (unpaired) electrons. The van der Waals surface area contributed by atoms with Crippen molar-refractivity contribution >= 4 is 15.7 Å². The van der Waals surface area contributed by atoms with Crippen LogP contribution in [0.15, 0.2) is 18.2 Å². The zero-order chi connectivity index (χ0) is 16.9. The SMILES string of the molecule is COc1ccc(CCC(=O)NCC2CCS(=O)(=O)C2)cc1OC. The molecule has 1 aromatic rings. The van der Waals surface area contributed by atoms with Crippen LogP contribution in [0.5, 0.6) is 11.5 Å². The highest BCUT2D eigenvalue weighted by Crippen LogP contribution is 2.27. The first-order valence-corrected chi connectivity index (χ1v) is 9.43. The first-order chi connectivity index (χ1) is 10.9. The lowest BCUT2D eigenvalue weighted by Crippen LogP contribution is -2.29. The van der Waals surface area contributed by atoms with Gasteiger partial charge in [0.2, 0.25) is 5.91 Å². The average Bonchev–Trinajstić information content (AvgIpc) is 2.89. The van der Waals surface area contributed by atoms with E-state index in [2.05, 4.69) is 5.32 Å². The number of benzene rings is 1. The minimum Gasteiger partial charge on any atom is -0.493 e. The van der Waals surface area contributed by atoms with Gasteiger partial charge in [-0.15, -0.1) is 0 Å². The molecular weight excluding hydrogens is 318 g/mol. The van der Waals surface area contributed by atoms with Crippen LogP contribution < -0.4 is 14.8 Å². The van der Waals surface area contributed by atoms with Gasteiger partial charge in [-0.2, -0.15) is 0 Å². The minimum absolute atomic E-state index is 0.0463. The van der Waals surface area contributed by atoms with Gasteiger partial charge in [0.25, 0.3) is 0 Å². The van der Waals surface area contributed by atoms with E-state index in [9.17, 15) is 13.2 Å². The van der Waals surface area contributed by atoms with Crippen molar-refractivity contribution in [3.63, 3.8) is 0 Å². The number of nitrogens with one attached hydrogen (secondary N) is 1. The van der Waals surface area contributed by atoms with Crippen LogP contribution in [-0.2, 0) is 21.1 Å². The minimum atomic E-state index is -2.89. The molecule has 1 atom stereocenters. The number of aryl methyl sites for hydroxylation is 1. The Morgan fingerprint density at radius 1 is 1.26 bits per heavy atom. The number of sulfone groups is 1. The second kappa shape index (κ2) is 7.68. The third-order valence-electron chi connectivity index (χ3n) is 4.00. The summed E-state index contributed by atoms with van der Waals surface area (Å²) in [5.41, 5.74) is 0.987. The molecule has 1 heterocycles. The van der Waals surface area contributed by atoms with Crippen molar-refractivity contribution in [2.75, 3.05) is 32.3 Å². The van der Waals surface area contributed by atoms with Crippen molar-refractivity contribution in [2.45, 2.75) is 19.3 Å². The number of methoxy groups -OCH3 is 2. The molecule has 0 saturated carbocycles. The number of carbonyl (C=O) groups is 1. The highest BCUT2D eigenvalue weighted by atomic mass is 32.2. The van der Waals surface area contributed by atoms with Crippen LogP contribution >= 0.6 is 0 Å². The summed E-state index contributed by atoms with van der Waals surface area (Å²) in [7, 11) is 0.261. The number of hydrogen-bond acceptors (Lipinski definition) is 5. The van der Waals surface area contributed by atoms with E-state index in [-0.39, 0.29) is 23.3 Å². The molecule has 0 aliphatic carbocycles. The van der Waals surface area contributed by atoms with Gasteiger partial charge in [0.05, 0.1) is 25.7 Å². The second-order valence-electron chi connectivity index (χ2n) is 5.76. The average molecular weight is 341 g/mol. The number of amides is 1. The summed E-state index contributed by atoms with van der Waals surface area (Å²) in [4.78, 5) is 11.9. The van der Waals surface area contributed by atoms with Crippen molar-refractivity contribution in [1.29, 1.82) is 0 Å². The van der Waals surface area contributed by atoms with Crippen molar-refractivity contribution in [3.8, 4) is 11.5 Å². The summed E-state index contributed by atoms with van der Waals surface area (Å²) in [5, 5.41) is 2.82. The Labute approximate surface area is 137 Å². The van der Waals surface area contributed by atoms with Gasteiger partial charge < -0.3 is 14.8 Å². The number of hydrogen-bond donors (Lipinski definition) is 1. The topological polar surface area (TPSA) is 81.7 Å². The fourth-order valence-electron chi connectivity index (χ4n) is 2.67. The van der Waals surface area contributed by atoms with E-state index < -0.39 is 9.84 Å². The summed E-state index contributed by atoms with van der Waals surface area (Å²) < 4.78 is 33.2. The molecule has 23 heavy (non-hydrogen) atoms. The second-order valence-corrected chi connectivity index (χ2v) is 7.99. The Kier molecular flexibility index (Phi) is 5.87. The molecule has 1 unspecified atom stereocenters. The van der Waals surface area contributed by atoms with Gasteiger partial charge in [-0.05, 0) is 36.5 Å². The molecule has 1 N–H and O–H groups in total. The van der Waals surface area contributed by atoms with E-state index in [1.165, 1.54) is 0 Å². The third-order valence-corrected chi connectivity index (χ3v) is 5.84. The quantitative estimate of drug-likeness (QED) is 0.805. The van der Waals surface area contributed by atoms with Crippen LogP contribution in [0.3, 0.4) is 0 Å². The van der Waals surface area contributed by atoms with Gasteiger partial charge in [-0.3, -0.25) is 4.79 Å². The van der Waals surface area contributed by atoms with Crippen molar-refractivity contribution in [2.24, 2.45) is 5.92 Å². The third kappa shape index (κ3) is 5.13. The van der Waals surface area contributed by atoms with Gasteiger partial charge in [-0.1, -0.05) is 6.07 Å². The fraction of sp³-hybridized carbons (Fsp3) is 0.562. The predicted octanol–water partition coefficient (Wildman–Crippen LogP) is 1.19. The van der Waals surface area contributed by atoms with Crippen LogP contribution in [0.4, 0.5) is 0 Å². The Morgan fingerprint density at radius 2 is 2.00 bits per heavy atom. The number of carbonyl (C=O) groups excluding carboxylic acids is 1. The van der Waals surface area contributed by atoms with Crippen molar-refractivity contribution in [1.82, 2.24) is 5.32 Å². The maximum atomic E-state index is 11.9. The Hall–Kier alpha value is -1.76. The standard InChI is InChI=1S/C16H23NO5S/c1-21-14-5-3-12(9-15(14)22-2)4-6-16(18)17-10-13-7-8-23(19,20)11-13/h3,5,9,13H,4,6-8,10-11H2,1-2H3,(H,17,18). The van der Waals surface area contributed by atoms with Crippen LogP contribution in [0, 0.1) is 5.92 Å². The normalized spacial score (nSPS) is 19.3. The molecule has 1 fully saturated rings. The number of rotatable bonds is 7. The smallest absolute Gasteiger partial charge is 0.220 e. The zero-order valence-corrected chi connectivity index (χ0v) is 14.3. The van der Waals surface area contributed by atoms with E-state index in [0.717, 1.165) is 5.56 Å². The number of ether oxygens (including phenoxy) is 2. The van der Waals surface area contributed by atoms with E-state index in [1.54, 1.807) is 14.2 Å². The lowest BCUT2D eigenvalue weighted by molar-refractivity contribution is -0.121. The fourth-order valence-corrected chi connectivity index (χ4v) is 4.54. The van der Waals surface area contributed by atoms with Gasteiger partial charge in [0.1, 0.15) is 0 Å². The lowest BCUT2D eigenvalue weighted by atomic mass is 10.1. The summed E-state index contributed by atoms with van der Waals surface area (Å²) in [5.74, 6) is 1.70. The molecule has 128 valence electrons. The van der Waals surface area contributed by atoms with E-state index in [1.807, 2.05) is 18.2 Å². The molecular formula is C16H23NO5S. The summed E-state index contributed by atoms with van der Waals surface area (Å²) in [6.07, 6.45) is 1.59. The van der Waals surface area contributed by atoms with Crippen LogP contribution in [0.1, 0.15) is 18.4 Å². The maximum Gasteiger partial charge on any atom is 0.220 e. The molecule has 1 aromatic carbocycles. The van der Waals surface area contributed by atoms with E-state index >= 15 is 0 Å². The molecule has 0 aromatic heterocycles. The van der Waals surface area contributed by atoms with Gasteiger partial charge in [0.15, 0.2) is 21.3 Å². The highest BCUT2D eigenvalue weighted by molar-refractivity contribution is 7.91. The van der Waals surface area contributed by atoms with Crippen molar-refractivity contribution in [3.05, 3.63) is 23.8 Å². The maximum absolute atomic E-state index is 11.9. The predicted molar refractivity (Wildman–Crippen MR) is 87.6 cm³/mol. The summed E-state index contributed by atoms with van der Waals surface area (Å²) in [6, 6.07) is 5.57. The van der Waals surface area contributed by atoms with E-state index in [0.29, 0.717) is 37.3 Å².